The van der Waals surface area contributed by atoms with Crippen molar-refractivity contribution in [3.8, 4) is 0 Å². The molecule has 10 radical (unpaired) electrons. The van der Waals surface area contributed by atoms with Crippen LogP contribution < -0.4 is 37.7 Å². The number of hydrogen-bond donors (Lipinski definition) is 0. The van der Waals surface area contributed by atoms with Gasteiger partial charge in [0.1, 0.15) is 0 Å². The smallest absolute Gasteiger partial charge is 0.474 e. The molecule has 56 valence electrons. The second-order valence-electron chi connectivity index (χ2n) is 1.77. The average molecular weight is 198 g/mol. The monoisotopic (exact) mass is 198 g/mol. The molecule has 3 heteroatoms. The van der Waals surface area contributed by atoms with Gasteiger partial charge in [0.25, 0.3) is 0 Å². The molecule has 2 rings (SSSR count). The van der Waals surface area contributed by atoms with Gasteiger partial charge in [-0.05, 0) is 0 Å². The van der Waals surface area contributed by atoms with Crippen LogP contribution in [0.25, 0.3) is 0 Å². The Morgan fingerprint density at radius 1 is 0.538 bits per heavy atom. The van der Waals surface area contributed by atoms with Gasteiger partial charge in [0.2, 0.25) is 0 Å². The van der Waals surface area contributed by atoms with Crippen LogP contribution in [0, 0.1) is 64.2 Å². The van der Waals surface area contributed by atoms with Crippen molar-refractivity contribution in [3.63, 3.8) is 0 Å². The first-order chi connectivity index (χ1) is 5.00. The van der Waals surface area contributed by atoms with Crippen molar-refractivity contribution in [1.29, 1.82) is 0 Å². The predicted molar refractivity (Wildman–Crippen MR) is 40.9 cm³/mol. The van der Waals surface area contributed by atoms with E-state index in [0.29, 0.717) is 0 Å². The Kier molecular flexibility index (Phi) is 25.1. The van der Waals surface area contributed by atoms with Gasteiger partial charge in [-0.3, -0.25) is 0 Å². The molecule has 2 fully saturated rings. The Balaban J connectivity index is -0.000000125. The molecule has 0 aliphatic heterocycles. The average Bonchev–Trinajstić information content (AvgIpc) is 2.67. The summed E-state index contributed by atoms with van der Waals surface area (Å²) in [5, 5.41) is 0. The second-order valence-corrected chi connectivity index (χ2v) is 1.77. The summed E-state index contributed by atoms with van der Waals surface area (Å²) in [6.07, 6.45) is 21.0. The molecule has 2 saturated carbocycles. The maximum atomic E-state index is 2.86. The SMILES string of the molecule is [C-]1[CH][CH][CH][CH]1.[C-]1[CH][CH][CH][CH]1.[Fe+2].[Li+].[Li+]. The maximum Gasteiger partial charge on any atom is 2.00 e. The minimum atomic E-state index is 0. The van der Waals surface area contributed by atoms with Gasteiger partial charge in [0, 0.05) is 0 Å². The van der Waals surface area contributed by atoms with E-state index >= 15 is 0 Å². The summed E-state index contributed by atoms with van der Waals surface area (Å²) >= 11 is 0. The van der Waals surface area contributed by atoms with Crippen LogP contribution in [0.15, 0.2) is 0 Å². The molecule has 2 aliphatic carbocycles. The third-order valence-corrected chi connectivity index (χ3v) is 0.992. The van der Waals surface area contributed by atoms with Gasteiger partial charge < -0.3 is 12.8 Å². The zero-order chi connectivity index (χ0) is 7.07. The van der Waals surface area contributed by atoms with E-state index in [4.69, 9.17) is 0 Å². The molecule has 0 saturated heterocycles. The van der Waals surface area contributed by atoms with Gasteiger partial charge in [0.15, 0.2) is 0 Å². The molecule has 0 unspecified atom stereocenters. The third-order valence-electron chi connectivity index (χ3n) is 0.992. The minimum absolute atomic E-state index is 0. The number of rotatable bonds is 0. The molecule has 0 aromatic carbocycles. The molecule has 0 heterocycles. The van der Waals surface area contributed by atoms with Crippen LogP contribution in [-0.2, 0) is 17.1 Å². The van der Waals surface area contributed by atoms with Crippen LogP contribution in [0.1, 0.15) is 0 Å². The van der Waals surface area contributed by atoms with Crippen molar-refractivity contribution >= 4 is 0 Å². The summed E-state index contributed by atoms with van der Waals surface area (Å²) in [5.41, 5.74) is 0. The van der Waals surface area contributed by atoms with E-state index in [-0.39, 0.29) is 54.8 Å². The van der Waals surface area contributed by atoms with Gasteiger partial charge in [-0.2, -0.15) is 0 Å². The fourth-order valence-corrected chi connectivity index (χ4v) is 0.556. The van der Waals surface area contributed by atoms with Gasteiger partial charge >= 0.3 is 54.8 Å². The zero-order valence-electron chi connectivity index (χ0n) is 7.97. The third kappa shape index (κ3) is 13.7. The molecule has 2 aliphatic rings. The molecular weight excluding hydrogens is 190 g/mol. The summed E-state index contributed by atoms with van der Waals surface area (Å²) in [6, 6.07) is 0. The fourth-order valence-electron chi connectivity index (χ4n) is 0.556. The van der Waals surface area contributed by atoms with Gasteiger partial charge in [-0.15, -0.1) is 0 Å². The first kappa shape index (κ1) is 20.2. The van der Waals surface area contributed by atoms with E-state index in [0.717, 1.165) is 0 Å². The van der Waals surface area contributed by atoms with Crippen molar-refractivity contribution in [2.45, 2.75) is 0 Å². The van der Waals surface area contributed by atoms with Crippen LogP contribution in [0.5, 0.6) is 0 Å². The van der Waals surface area contributed by atoms with Crippen LogP contribution in [0.4, 0.5) is 0 Å². The number of hydrogen-bond acceptors (Lipinski definition) is 0. The largest absolute Gasteiger partial charge is 2.00 e. The van der Waals surface area contributed by atoms with Crippen LogP contribution in [0.2, 0.25) is 0 Å². The Morgan fingerprint density at radius 3 is 0.846 bits per heavy atom. The van der Waals surface area contributed by atoms with Crippen LogP contribution >= 0.6 is 0 Å². The molecule has 13 heavy (non-hydrogen) atoms. The van der Waals surface area contributed by atoms with Crippen molar-refractivity contribution in [1.82, 2.24) is 0 Å². The minimum Gasteiger partial charge on any atom is -0.474 e. The molecule has 0 spiro atoms. The van der Waals surface area contributed by atoms with Crippen LogP contribution in [-0.4, -0.2) is 0 Å². The maximum absolute atomic E-state index is 2.86. The first-order valence-electron chi connectivity index (χ1n) is 3.15. The fraction of sp³-hybridized carbons (Fsp3) is 0. The van der Waals surface area contributed by atoms with Gasteiger partial charge in [-0.1, -0.05) is 25.7 Å². The molecule has 0 aromatic heterocycles. The van der Waals surface area contributed by atoms with Gasteiger partial charge in [-0.25, -0.2) is 25.7 Å². The predicted octanol–water partition coefficient (Wildman–Crippen LogP) is -4.20. The quantitative estimate of drug-likeness (QED) is 0.273. The normalized spacial score (nSPS) is 18.5. The van der Waals surface area contributed by atoms with Crippen molar-refractivity contribution in [3.05, 3.63) is 64.2 Å². The van der Waals surface area contributed by atoms with Crippen molar-refractivity contribution < 1.29 is 54.8 Å². The summed E-state index contributed by atoms with van der Waals surface area (Å²) in [6.45, 7) is 0. The topological polar surface area (TPSA) is 0 Å². The van der Waals surface area contributed by atoms with E-state index in [1.807, 2.05) is 51.4 Å². The molecule has 0 nitrogen and oxygen atoms in total. The molecule has 0 aromatic rings. The molecule has 0 N–H and O–H groups in total. The van der Waals surface area contributed by atoms with E-state index in [1.165, 1.54) is 0 Å². The van der Waals surface area contributed by atoms with E-state index in [2.05, 4.69) is 12.8 Å². The molecule has 0 atom stereocenters. The molecule has 0 amide bonds. The van der Waals surface area contributed by atoms with E-state index in [1.54, 1.807) is 0 Å². The Morgan fingerprint density at radius 2 is 0.769 bits per heavy atom. The summed E-state index contributed by atoms with van der Waals surface area (Å²) < 4.78 is 0. The Hall–Kier alpha value is 1.71. The standard InChI is InChI=1S/2C5H4.Fe.2Li/c2*1-2-4-5-3-1;;;/h2*1-4H;;;/q2*-1;+2;2*+1. The molecule has 0 bridgehead atoms. The summed E-state index contributed by atoms with van der Waals surface area (Å²) in [4.78, 5) is 0. The van der Waals surface area contributed by atoms with Crippen LogP contribution in [0.3, 0.4) is 0 Å². The first-order valence-corrected chi connectivity index (χ1v) is 3.15. The van der Waals surface area contributed by atoms with Crippen molar-refractivity contribution in [2.24, 2.45) is 0 Å². The summed E-state index contributed by atoms with van der Waals surface area (Å²) in [5.74, 6) is 0. The molecular formula is C10H8FeLi2+2. The second kappa shape index (κ2) is 16.2. The Labute approximate surface area is 118 Å². The van der Waals surface area contributed by atoms with E-state index in [9.17, 15) is 0 Å². The zero-order valence-corrected chi connectivity index (χ0v) is 9.08. The van der Waals surface area contributed by atoms with Crippen molar-refractivity contribution in [2.75, 3.05) is 0 Å². The Bertz CT molecular complexity index is 46.1. The van der Waals surface area contributed by atoms with E-state index < -0.39 is 0 Å². The van der Waals surface area contributed by atoms with Gasteiger partial charge in [0.05, 0.1) is 0 Å². The summed E-state index contributed by atoms with van der Waals surface area (Å²) in [7, 11) is 0.